The van der Waals surface area contributed by atoms with Gasteiger partial charge in [0.2, 0.25) is 0 Å². The van der Waals surface area contributed by atoms with E-state index in [1.54, 1.807) is 0 Å². The molecule has 1 aliphatic rings. The quantitative estimate of drug-likeness (QED) is 0.929. The van der Waals surface area contributed by atoms with E-state index in [1.807, 2.05) is 17.2 Å². The molecule has 6 heteroatoms. The molecule has 0 bridgehead atoms. The number of hydrogen-bond donors (Lipinski definition) is 1. The number of aliphatic hydroxyl groups excluding tert-OH is 1. The highest BCUT2D eigenvalue weighted by atomic mass is 35.5. The number of carbonyl (C=O) groups is 1. The van der Waals surface area contributed by atoms with Crippen LogP contribution in [0.5, 0.6) is 0 Å². The fraction of sp³-hybridized carbons (Fsp3) is 0.615. The van der Waals surface area contributed by atoms with Gasteiger partial charge in [-0.25, -0.2) is 0 Å². The lowest BCUT2D eigenvalue weighted by Gasteiger charge is -2.31. The molecular weight excluding hydrogens is 286 g/mol. The Bertz CT molecular complexity index is 441. The van der Waals surface area contributed by atoms with Gasteiger partial charge in [-0.15, -0.1) is 11.3 Å². The van der Waals surface area contributed by atoms with Crippen LogP contribution in [0.3, 0.4) is 0 Å². The molecule has 2 heterocycles. The van der Waals surface area contributed by atoms with Gasteiger partial charge in [-0.2, -0.15) is 0 Å². The lowest BCUT2D eigenvalue weighted by molar-refractivity contribution is -0.00544. The van der Waals surface area contributed by atoms with Gasteiger partial charge < -0.3 is 14.7 Å². The minimum absolute atomic E-state index is 0.0173. The van der Waals surface area contributed by atoms with Crippen molar-refractivity contribution in [3.05, 3.63) is 20.8 Å². The highest BCUT2D eigenvalue weighted by Gasteiger charge is 2.26. The van der Waals surface area contributed by atoms with Crippen molar-refractivity contribution in [3.8, 4) is 0 Å². The molecule has 4 nitrogen and oxygen atoms in total. The number of piperidine rings is 1. The molecule has 0 aliphatic carbocycles. The Hall–Kier alpha value is -0.620. The van der Waals surface area contributed by atoms with E-state index in [1.165, 1.54) is 11.3 Å². The molecule has 0 unspecified atom stereocenters. The minimum Gasteiger partial charge on any atom is -0.394 e. The van der Waals surface area contributed by atoms with Crippen LogP contribution in [0.2, 0.25) is 5.02 Å². The van der Waals surface area contributed by atoms with Crippen molar-refractivity contribution >= 4 is 28.8 Å². The van der Waals surface area contributed by atoms with E-state index >= 15 is 0 Å². The van der Waals surface area contributed by atoms with Crippen LogP contribution in [0.15, 0.2) is 5.38 Å². The maximum atomic E-state index is 12.3. The Morgan fingerprint density at radius 2 is 2.26 bits per heavy atom. The molecule has 106 valence electrons. The third-order valence-electron chi connectivity index (χ3n) is 3.27. The van der Waals surface area contributed by atoms with E-state index in [0.29, 0.717) is 29.6 Å². The summed E-state index contributed by atoms with van der Waals surface area (Å²) in [6, 6.07) is 0. The summed E-state index contributed by atoms with van der Waals surface area (Å²) >= 11 is 7.54. The van der Waals surface area contributed by atoms with Crippen molar-refractivity contribution in [1.29, 1.82) is 0 Å². The molecule has 0 radical (unpaired) electrons. The fourth-order valence-corrected chi connectivity index (χ4v) is 3.40. The maximum absolute atomic E-state index is 12.3. The van der Waals surface area contributed by atoms with Crippen molar-refractivity contribution in [3.63, 3.8) is 0 Å². The van der Waals surface area contributed by atoms with Gasteiger partial charge in [-0.05, 0) is 30.7 Å². The molecule has 2 rings (SSSR count). The van der Waals surface area contributed by atoms with E-state index in [4.69, 9.17) is 21.4 Å². The van der Waals surface area contributed by atoms with E-state index < -0.39 is 0 Å². The van der Waals surface area contributed by atoms with Crippen LogP contribution < -0.4 is 0 Å². The van der Waals surface area contributed by atoms with Crippen LogP contribution in [0.4, 0.5) is 0 Å². The summed E-state index contributed by atoms with van der Waals surface area (Å²) in [7, 11) is 0. The van der Waals surface area contributed by atoms with Crippen LogP contribution in [-0.4, -0.2) is 48.3 Å². The van der Waals surface area contributed by atoms with Crippen molar-refractivity contribution in [2.45, 2.75) is 25.9 Å². The fourth-order valence-electron chi connectivity index (χ4n) is 2.16. The molecule has 1 aromatic heterocycles. The average molecular weight is 304 g/mol. The Kier molecular flexibility index (Phi) is 5.21. The summed E-state index contributed by atoms with van der Waals surface area (Å²) in [6.45, 7) is 3.69. The van der Waals surface area contributed by atoms with Crippen LogP contribution >= 0.6 is 22.9 Å². The minimum atomic E-state index is 0.0173. The number of ether oxygens (including phenoxy) is 1. The summed E-state index contributed by atoms with van der Waals surface area (Å²) in [5.41, 5.74) is 0.955. The number of aryl methyl sites for hydroxylation is 1. The SMILES string of the molecule is Cc1csc(C(=O)N2CCC(OCCO)CC2)c1Cl. The zero-order valence-corrected chi connectivity index (χ0v) is 12.5. The molecular formula is C13H18ClNO3S. The van der Waals surface area contributed by atoms with E-state index in [2.05, 4.69) is 0 Å². The normalized spacial score (nSPS) is 16.9. The van der Waals surface area contributed by atoms with Crippen molar-refractivity contribution in [2.24, 2.45) is 0 Å². The Labute approximate surface area is 121 Å². The first-order chi connectivity index (χ1) is 9.13. The van der Waals surface area contributed by atoms with Crippen molar-refractivity contribution in [1.82, 2.24) is 4.90 Å². The highest BCUT2D eigenvalue weighted by Crippen LogP contribution is 2.29. The molecule has 1 aliphatic heterocycles. The third-order valence-corrected chi connectivity index (χ3v) is 4.95. The van der Waals surface area contributed by atoms with Gasteiger partial charge in [0, 0.05) is 13.1 Å². The van der Waals surface area contributed by atoms with Gasteiger partial charge in [-0.3, -0.25) is 4.79 Å². The van der Waals surface area contributed by atoms with Crippen molar-refractivity contribution in [2.75, 3.05) is 26.3 Å². The number of amides is 1. The molecule has 1 fully saturated rings. The zero-order chi connectivity index (χ0) is 13.8. The largest absolute Gasteiger partial charge is 0.394 e. The summed E-state index contributed by atoms with van der Waals surface area (Å²) in [5.74, 6) is 0.0173. The summed E-state index contributed by atoms with van der Waals surface area (Å²) in [6.07, 6.45) is 1.78. The molecule has 1 saturated heterocycles. The molecule has 0 atom stereocenters. The first-order valence-corrected chi connectivity index (χ1v) is 7.64. The molecule has 1 N–H and O–H groups in total. The number of nitrogens with zero attached hydrogens (tertiary/aromatic N) is 1. The monoisotopic (exact) mass is 303 g/mol. The molecule has 1 amide bonds. The Balaban J connectivity index is 1.91. The molecule has 0 spiro atoms. The average Bonchev–Trinajstić information content (AvgIpc) is 2.76. The number of carbonyl (C=O) groups excluding carboxylic acids is 1. The summed E-state index contributed by atoms with van der Waals surface area (Å²) in [5, 5.41) is 11.2. The second kappa shape index (κ2) is 6.70. The van der Waals surface area contributed by atoms with Crippen LogP contribution in [0, 0.1) is 6.92 Å². The van der Waals surface area contributed by atoms with Gasteiger partial charge in [0.25, 0.3) is 5.91 Å². The van der Waals surface area contributed by atoms with Crippen LogP contribution in [0.25, 0.3) is 0 Å². The zero-order valence-electron chi connectivity index (χ0n) is 10.9. The summed E-state index contributed by atoms with van der Waals surface area (Å²) in [4.78, 5) is 14.8. The first-order valence-electron chi connectivity index (χ1n) is 6.38. The van der Waals surface area contributed by atoms with Crippen molar-refractivity contribution < 1.29 is 14.6 Å². The maximum Gasteiger partial charge on any atom is 0.265 e. The Morgan fingerprint density at radius 1 is 1.58 bits per heavy atom. The lowest BCUT2D eigenvalue weighted by atomic mass is 10.1. The van der Waals surface area contributed by atoms with E-state index in [0.717, 1.165) is 18.4 Å². The highest BCUT2D eigenvalue weighted by molar-refractivity contribution is 7.13. The van der Waals surface area contributed by atoms with Gasteiger partial charge in [0.05, 0.1) is 24.3 Å². The smallest absolute Gasteiger partial charge is 0.265 e. The first kappa shape index (κ1) is 14.8. The molecule has 1 aromatic rings. The number of thiophene rings is 1. The molecule has 19 heavy (non-hydrogen) atoms. The van der Waals surface area contributed by atoms with E-state index in [-0.39, 0.29) is 18.6 Å². The van der Waals surface area contributed by atoms with Crippen LogP contribution in [-0.2, 0) is 4.74 Å². The topological polar surface area (TPSA) is 49.8 Å². The van der Waals surface area contributed by atoms with E-state index in [9.17, 15) is 4.79 Å². The molecule has 0 aromatic carbocycles. The second-order valence-corrected chi connectivity index (χ2v) is 5.91. The van der Waals surface area contributed by atoms with Gasteiger partial charge in [0.15, 0.2) is 0 Å². The van der Waals surface area contributed by atoms with Gasteiger partial charge >= 0.3 is 0 Å². The second-order valence-electron chi connectivity index (χ2n) is 4.65. The summed E-state index contributed by atoms with van der Waals surface area (Å²) < 4.78 is 5.48. The van der Waals surface area contributed by atoms with Gasteiger partial charge in [0.1, 0.15) is 4.88 Å². The predicted molar refractivity (Wildman–Crippen MR) is 76.0 cm³/mol. The van der Waals surface area contributed by atoms with Crippen LogP contribution in [0.1, 0.15) is 28.1 Å². The predicted octanol–water partition coefficient (Wildman–Crippen LogP) is 2.32. The lowest BCUT2D eigenvalue weighted by Crippen LogP contribution is -2.40. The molecule has 0 saturated carbocycles. The number of halogens is 1. The number of hydrogen-bond acceptors (Lipinski definition) is 4. The number of aliphatic hydroxyl groups is 1. The number of rotatable bonds is 4. The number of likely N-dealkylation sites (tertiary alicyclic amines) is 1. The third kappa shape index (κ3) is 3.48. The standard InChI is InChI=1S/C13H18ClNO3S/c1-9-8-19-12(11(9)14)13(17)15-4-2-10(3-5-15)18-7-6-16/h8,10,16H,2-7H2,1H3. The van der Waals surface area contributed by atoms with Gasteiger partial charge in [-0.1, -0.05) is 11.6 Å². The Morgan fingerprint density at radius 3 is 2.79 bits per heavy atom.